The number of para-hydroxylation sites is 1. The molecule has 4 aromatic carbocycles. The van der Waals surface area contributed by atoms with Gasteiger partial charge in [0.1, 0.15) is 5.54 Å². The Kier molecular flexibility index (Phi) is 5.60. The first-order valence-corrected chi connectivity index (χ1v) is 12.4. The van der Waals surface area contributed by atoms with Gasteiger partial charge in [0, 0.05) is 6.20 Å². The zero-order valence-electron chi connectivity index (χ0n) is 19.1. The average Bonchev–Trinajstić information content (AvgIpc) is 3.57. The normalized spacial score (nSPS) is 11.5. The minimum Gasteiger partial charge on any atom is -0.356 e. The maximum Gasteiger partial charge on any atom is 0.184 e. The summed E-state index contributed by atoms with van der Waals surface area (Å²) in [5.41, 5.74) is 4.96. The highest BCUT2D eigenvalue weighted by molar-refractivity contribution is 7.22. The molecule has 0 bridgehead atoms. The van der Waals surface area contributed by atoms with E-state index in [0.29, 0.717) is 6.54 Å². The molecule has 0 radical (unpaired) electrons. The molecule has 0 atom stereocenters. The van der Waals surface area contributed by atoms with E-state index in [2.05, 4.69) is 113 Å². The molecule has 4 nitrogen and oxygen atoms in total. The monoisotopic (exact) mass is 472 g/mol. The van der Waals surface area contributed by atoms with Crippen LogP contribution in [0.5, 0.6) is 0 Å². The van der Waals surface area contributed by atoms with Crippen LogP contribution in [-0.4, -0.2) is 14.5 Å². The Balaban J connectivity index is 1.43. The highest BCUT2D eigenvalue weighted by Gasteiger charge is 2.38. The smallest absolute Gasteiger partial charge is 0.184 e. The molecule has 0 saturated carbocycles. The van der Waals surface area contributed by atoms with Crippen LogP contribution in [0.25, 0.3) is 10.2 Å². The predicted octanol–water partition coefficient (Wildman–Crippen LogP) is 6.95. The van der Waals surface area contributed by atoms with Crippen molar-refractivity contribution in [1.82, 2.24) is 14.5 Å². The summed E-state index contributed by atoms with van der Waals surface area (Å²) in [6, 6.07) is 40.1. The van der Waals surface area contributed by atoms with Gasteiger partial charge < -0.3 is 9.88 Å². The van der Waals surface area contributed by atoms with Crippen LogP contribution in [0.4, 0.5) is 5.13 Å². The molecule has 0 amide bonds. The number of imidazole rings is 1. The second-order valence-corrected chi connectivity index (χ2v) is 9.45. The molecule has 0 spiro atoms. The average molecular weight is 473 g/mol. The molecular formula is C30H24N4S. The van der Waals surface area contributed by atoms with E-state index in [1.54, 1.807) is 11.3 Å². The summed E-state index contributed by atoms with van der Waals surface area (Å²) in [7, 11) is 0. The summed E-state index contributed by atoms with van der Waals surface area (Å²) in [6.45, 7) is 0.598. The fraction of sp³-hybridized carbons (Fsp3) is 0.0667. The maximum atomic E-state index is 4.80. The van der Waals surface area contributed by atoms with Crippen LogP contribution in [0.15, 0.2) is 128 Å². The molecule has 170 valence electrons. The van der Waals surface area contributed by atoms with Gasteiger partial charge in [0.15, 0.2) is 5.13 Å². The van der Waals surface area contributed by atoms with E-state index in [0.717, 1.165) is 16.3 Å². The minimum atomic E-state index is -0.551. The summed E-state index contributed by atoms with van der Waals surface area (Å²) in [5.74, 6) is 0. The fourth-order valence-corrected chi connectivity index (χ4v) is 5.60. The van der Waals surface area contributed by atoms with E-state index >= 15 is 0 Å². The molecule has 0 saturated heterocycles. The second-order valence-electron chi connectivity index (χ2n) is 8.42. The predicted molar refractivity (Wildman–Crippen MR) is 144 cm³/mol. The zero-order valence-corrected chi connectivity index (χ0v) is 19.9. The summed E-state index contributed by atoms with van der Waals surface area (Å²) in [6.07, 6.45) is 4.09. The first-order chi connectivity index (χ1) is 17.3. The Morgan fingerprint density at radius 1 is 0.686 bits per heavy atom. The third-order valence-electron chi connectivity index (χ3n) is 6.31. The maximum absolute atomic E-state index is 4.80. The third-order valence-corrected chi connectivity index (χ3v) is 7.31. The van der Waals surface area contributed by atoms with Crippen molar-refractivity contribution < 1.29 is 0 Å². The molecular weight excluding hydrogens is 448 g/mol. The van der Waals surface area contributed by atoms with Gasteiger partial charge in [0.05, 0.1) is 28.8 Å². The second kappa shape index (κ2) is 9.20. The fourth-order valence-electron chi connectivity index (χ4n) is 4.74. The molecule has 1 N–H and O–H groups in total. The van der Waals surface area contributed by atoms with Crippen LogP contribution < -0.4 is 5.32 Å². The number of fused-ring (bicyclic) bond motifs is 1. The van der Waals surface area contributed by atoms with E-state index in [9.17, 15) is 0 Å². The number of hydrogen-bond acceptors (Lipinski definition) is 4. The van der Waals surface area contributed by atoms with Crippen LogP contribution in [0.1, 0.15) is 22.4 Å². The lowest BCUT2D eigenvalue weighted by Gasteiger charge is -2.37. The summed E-state index contributed by atoms with van der Waals surface area (Å²) < 4.78 is 3.42. The number of nitrogens with zero attached hydrogens (tertiary/aromatic N) is 3. The molecule has 6 rings (SSSR count). The standard InChI is InChI=1S/C30H24N4S/c1-4-12-23(13-5-1)30(24-14-6-2-7-15-24,25-16-8-3-9-17-25)34-21-26(32-22-34)20-31-29-33-27-18-10-11-19-28(27)35-29/h1-19,21-22H,20H2,(H,31,33). The Morgan fingerprint density at radius 3 is 1.80 bits per heavy atom. The lowest BCUT2D eigenvalue weighted by atomic mass is 9.77. The molecule has 2 heterocycles. The van der Waals surface area contributed by atoms with Crippen LogP contribution in [0.2, 0.25) is 0 Å². The molecule has 0 fully saturated rings. The molecule has 5 heteroatoms. The van der Waals surface area contributed by atoms with E-state index < -0.39 is 5.54 Å². The number of hydrogen-bond donors (Lipinski definition) is 1. The third kappa shape index (κ3) is 3.90. The number of thiazole rings is 1. The molecule has 0 aliphatic heterocycles. The van der Waals surface area contributed by atoms with E-state index in [1.165, 1.54) is 21.4 Å². The van der Waals surface area contributed by atoms with Crippen molar-refractivity contribution in [2.24, 2.45) is 0 Å². The van der Waals surface area contributed by atoms with Crippen LogP contribution in [0, 0.1) is 0 Å². The first-order valence-electron chi connectivity index (χ1n) is 11.6. The summed E-state index contributed by atoms with van der Waals surface area (Å²) >= 11 is 1.66. The quantitative estimate of drug-likeness (QED) is 0.256. The first kappa shape index (κ1) is 21.3. The topological polar surface area (TPSA) is 42.7 Å². The Bertz CT molecular complexity index is 1410. The minimum absolute atomic E-state index is 0.551. The van der Waals surface area contributed by atoms with Crippen molar-refractivity contribution in [3.05, 3.63) is 150 Å². The zero-order chi connectivity index (χ0) is 23.5. The number of benzene rings is 4. The van der Waals surface area contributed by atoms with Gasteiger partial charge in [-0.15, -0.1) is 0 Å². The lowest BCUT2D eigenvalue weighted by Crippen LogP contribution is -2.36. The lowest BCUT2D eigenvalue weighted by molar-refractivity contribution is 0.514. The Labute approximate surface area is 208 Å². The summed E-state index contributed by atoms with van der Waals surface area (Å²) in [5, 5.41) is 4.37. The van der Waals surface area contributed by atoms with Crippen molar-refractivity contribution in [2.75, 3.05) is 5.32 Å². The van der Waals surface area contributed by atoms with Crippen molar-refractivity contribution in [1.29, 1.82) is 0 Å². The SMILES string of the molecule is c1ccc(C(c2ccccc2)(c2ccccc2)n2cnc(CNc3nc4ccccc4s3)c2)cc1. The Hall–Kier alpha value is -4.22. The van der Waals surface area contributed by atoms with Crippen molar-refractivity contribution in [3.63, 3.8) is 0 Å². The van der Waals surface area contributed by atoms with Crippen molar-refractivity contribution in [3.8, 4) is 0 Å². The van der Waals surface area contributed by atoms with Crippen molar-refractivity contribution in [2.45, 2.75) is 12.1 Å². The van der Waals surface area contributed by atoms with Gasteiger partial charge in [0.25, 0.3) is 0 Å². The number of nitrogens with one attached hydrogen (secondary N) is 1. The molecule has 0 aliphatic carbocycles. The van der Waals surface area contributed by atoms with E-state index in [1.807, 2.05) is 24.5 Å². The van der Waals surface area contributed by atoms with Gasteiger partial charge in [-0.05, 0) is 28.8 Å². The van der Waals surface area contributed by atoms with Gasteiger partial charge in [-0.25, -0.2) is 9.97 Å². The number of aromatic nitrogens is 3. The van der Waals surface area contributed by atoms with Crippen LogP contribution in [-0.2, 0) is 12.1 Å². The van der Waals surface area contributed by atoms with Gasteiger partial charge in [0.2, 0.25) is 0 Å². The molecule has 35 heavy (non-hydrogen) atoms. The van der Waals surface area contributed by atoms with E-state index in [4.69, 9.17) is 9.97 Å². The largest absolute Gasteiger partial charge is 0.356 e. The highest BCUT2D eigenvalue weighted by atomic mass is 32.1. The van der Waals surface area contributed by atoms with Crippen LogP contribution >= 0.6 is 11.3 Å². The van der Waals surface area contributed by atoms with Gasteiger partial charge >= 0.3 is 0 Å². The Morgan fingerprint density at radius 2 is 1.23 bits per heavy atom. The van der Waals surface area contributed by atoms with Gasteiger partial charge in [-0.2, -0.15) is 0 Å². The van der Waals surface area contributed by atoms with Gasteiger partial charge in [-0.3, -0.25) is 0 Å². The molecule has 6 aromatic rings. The molecule has 2 aromatic heterocycles. The van der Waals surface area contributed by atoms with E-state index in [-0.39, 0.29) is 0 Å². The number of anilines is 1. The highest BCUT2D eigenvalue weighted by Crippen LogP contribution is 2.40. The molecule has 0 aliphatic rings. The van der Waals surface area contributed by atoms with Crippen molar-refractivity contribution >= 4 is 26.7 Å². The number of rotatable bonds is 7. The summed E-state index contributed by atoms with van der Waals surface area (Å²) in [4.78, 5) is 9.50. The van der Waals surface area contributed by atoms with Gasteiger partial charge in [-0.1, -0.05) is 114 Å². The van der Waals surface area contributed by atoms with Crippen LogP contribution in [0.3, 0.4) is 0 Å². The molecule has 0 unspecified atom stereocenters.